The Morgan fingerprint density at radius 3 is 2.50 bits per heavy atom. The molecule has 0 atom stereocenters. The van der Waals surface area contributed by atoms with E-state index in [4.69, 9.17) is 5.11 Å². The summed E-state index contributed by atoms with van der Waals surface area (Å²) in [7, 11) is -3.92. The van der Waals surface area contributed by atoms with E-state index < -0.39 is 21.7 Å². The van der Waals surface area contributed by atoms with Gasteiger partial charge in [0.25, 0.3) is 0 Å². The molecule has 6 nitrogen and oxygen atoms in total. The number of carboxylic acid groups (broad SMARTS) is 1. The minimum Gasteiger partial charge on any atom is -0.480 e. The lowest BCUT2D eigenvalue weighted by atomic mass is 10.0. The van der Waals surface area contributed by atoms with E-state index >= 15 is 0 Å². The van der Waals surface area contributed by atoms with Gasteiger partial charge in [0.1, 0.15) is 0 Å². The molecule has 1 aromatic carbocycles. The lowest BCUT2D eigenvalue weighted by molar-refractivity contribution is -0.134. The number of carboxylic acids is 1. The first-order valence-corrected chi connectivity index (χ1v) is 9.08. The molecule has 0 aliphatic heterocycles. The number of sulfonamides is 1. The van der Waals surface area contributed by atoms with E-state index in [1.807, 2.05) is 24.3 Å². The second-order valence-corrected chi connectivity index (χ2v) is 7.65. The monoisotopic (exact) mass is 340 g/mol. The summed E-state index contributed by atoms with van der Waals surface area (Å²) in [6.45, 7) is 4.21. The highest BCUT2D eigenvalue weighted by Gasteiger charge is 2.17. The highest BCUT2D eigenvalue weighted by molar-refractivity contribution is 7.93. The molecule has 0 saturated carbocycles. The molecule has 118 valence electrons. The number of rotatable bonds is 6. The van der Waals surface area contributed by atoms with Crippen molar-refractivity contribution in [1.82, 2.24) is 4.98 Å². The molecule has 1 aromatic heterocycles. The number of hydrogen-bond donors (Lipinski definition) is 2. The zero-order valence-electron chi connectivity index (χ0n) is 12.1. The number of aliphatic carboxylic acids is 1. The summed E-state index contributed by atoms with van der Waals surface area (Å²) in [5.74, 6) is -1.96. The van der Waals surface area contributed by atoms with Crippen LogP contribution in [0.2, 0.25) is 0 Å². The summed E-state index contributed by atoms with van der Waals surface area (Å²) in [6, 6.07) is 7.88. The third-order valence-corrected chi connectivity index (χ3v) is 4.95. The molecule has 0 spiro atoms. The maximum Gasteiger partial charge on any atom is 0.320 e. The summed E-state index contributed by atoms with van der Waals surface area (Å²) in [4.78, 5) is 14.7. The molecule has 0 amide bonds. The normalized spacial score (nSPS) is 11.6. The lowest BCUT2D eigenvalue weighted by Crippen LogP contribution is -2.22. The number of anilines is 1. The van der Waals surface area contributed by atoms with Crippen molar-refractivity contribution in [1.29, 1.82) is 0 Å². The van der Waals surface area contributed by atoms with E-state index in [1.165, 1.54) is 5.56 Å². The van der Waals surface area contributed by atoms with Crippen LogP contribution in [0.4, 0.5) is 5.13 Å². The Kier molecular flexibility index (Phi) is 4.82. The Balaban J connectivity index is 2.16. The number of carbonyl (C=O) groups is 1. The Hall–Kier alpha value is -1.93. The first kappa shape index (κ1) is 16.4. The number of hydrogen-bond acceptors (Lipinski definition) is 5. The van der Waals surface area contributed by atoms with Gasteiger partial charge in [-0.25, -0.2) is 13.4 Å². The molecule has 0 fully saturated rings. The van der Waals surface area contributed by atoms with Crippen LogP contribution in [0.1, 0.15) is 25.3 Å². The van der Waals surface area contributed by atoms with E-state index in [1.54, 1.807) is 5.38 Å². The number of nitrogens with one attached hydrogen (secondary N) is 1. The zero-order valence-corrected chi connectivity index (χ0v) is 13.7. The summed E-state index contributed by atoms with van der Waals surface area (Å²) >= 11 is 1.11. The molecule has 22 heavy (non-hydrogen) atoms. The molecule has 0 bridgehead atoms. The molecule has 0 radical (unpaired) electrons. The minimum atomic E-state index is -3.92. The van der Waals surface area contributed by atoms with Crippen LogP contribution in [0.25, 0.3) is 11.3 Å². The van der Waals surface area contributed by atoms with Crippen LogP contribution >= 0.6 is 11.3 Å². The topological polar surface area (TPSA) is 96.4 Å². The molecule has 1 heterocycles. The molecule has 0 unspecified atom stereocenters. The number of thiazole rings is 1. The number of nitrogens with zero attached hydrogens (tertiary/aromatic N) is 1. The van der Waals surface area contributed by atoms with Crippen molar-refractivity contribution in [2.24, 2.45) is 0 Å². The van der Waals surface area contributed by atoms with Crippen molar-refractivity contribution in [3.05, 3.63) is 35.2 Å². The highest BCUT2D eigenvalue weighted by atomic mass is 32.2. The van der Waals surface area contributed by atoms with Crippen LogP contribution < -0.4 is 4.72 Å². The zero-order chi connectivity index (χ0) is 16.3. The van der Waals surface area contributed by atoms with Gasteiger partial charge in [0, 0.05) is 10.9 Å². The van der Waals surface area contributed by atoms with Gasteiger partial charge in [-0.3, -0.25) is 9.52 Å². The Labute approximate surface area is 132 Å². The van der Waals surface area contributed by atoms with Gasteiger partial charge in [-0.1, -0.05) is 38.1 Å². The van der Waals surface area contributed by atoms with Crippen molar-refractivity contribution in [2.75, 3.05) is 10.5 Å². The van der Waals surface area contributed by atoms with Crippen molar-refractivity contribution in [3.8, 4) is 11.3 Å². The number of benzene rings is 1. The van der Waals surface area contributed by atoms with Gasteiger partial charge in [-0.05, 0) is 11.5 Å². The average Bonchev–Trinajstić information content (AvgIpc) is 2.84. The standard InChI is InChI=1S/C14H16N2O4S2/c1-9(2)10-3-5-11(6-4-10)12-7-21-14(15-12)16-22(19,20)8-13(17)18/h3-7,9H,8H2,1-2H3,(H,15,16)(H,17,18). The maximum absolute atomic E-state index is 11.6. The molecule has 2 rings (SSSR count). The van der Waals surface area contributed by atoms with E-state index in [9.17, 15) is 13.2 Å². The van der Waals surface area contributed by atoms with E-state index in [-0.39, 0.29) is 5.13 Å². The van der Waals surface area contributed by atoms with Crippen molar-refractivity contribution in [2.45, 2.75) is 19.8 Å². The van der Waals surface area contributed by atoms with Crippen molar-refractivity contribution in [3.63, 3.8) is 0 Å². The highest BCUT2D eigenvalue weighted by Crippen LogP contribution is 2.27. The predicted molar refractivity (Wildman–Crippen MR) is 86.7 cm³/mol. The second kappa shape index (κ2) is 6.45. The average molecular weight is 340 g/mol. The molecule has 2 aromatic rings. The van der Waals surface area contributed by atoms with Gasteiger partial charge in [0.2, 0.25) is 10.0 Å². The summed E-state index contributed by atoms with van der Waals surface area (Å²) < 4.78 is 25.3. The summed E-state index contributed by atoms with van der Waals surface area (Å²) in [5, 5.41) is 10.4. The first-order chi connectivity index (χ1) is 10.3. The fourth-order valence-corrected chi connectivity index (χ4v) is 3.67. The van der Waals surface area contributed by atoms with Crippen LogP contribution in [-0.4, -0.2) is 30.2 Å². The molecule has 0 aliphatic rings. The smallest absolute Gasteiger partial charge is 0.320 e. The van der Waals surface area contributed by atoms with E-state index in [0.717, 1.165) is 16.9 Å². The molecule has 8 heteroatoms. The third-order valence-electron chi connectivity index (χ3n) is 2.93. The van der Waals surface area contributed by atoms with Gasteiger partial charge in [-0.2, -0.15) is 0 Å². The molecular weight excluding hydrogens is 324 g/mol. The van der Waals surface area contributed by atoms with Gasteiger partial charge in [-0.15, -0.1) is 11.3 Å². The Bertz CT molecular complexity index is 764. The van der Waals surface area contributed by atoms with Gasteiger partial charge in [0.15, 0.2) is 10.9 Å². The maximum atomic E-state index is 11.6. The molecule has 0 aliphatic carbocycles. The largest absolute Gasteiger partial charge is 0.480 e. The minimum absolute atomic E-state index is 0.157. The van der Waals surface area contributed by atoms with Crippen molar-refractivity contribution >= 4 is 32.5 Å². The third kappa shape index (κ3) is 4.28. The van der Waals surface area contributed by atoms with Crippen LogP contribution in [0.3, 0.4) is 0 Å². The fraction of sp³-hybridized carbons (Fsp3) is 0.286. The predicted octanol–water partition coefficient (Wildman–Crippen LogP) is 2.76. The molecule has 2 N–H and O–H groups in total. The van der Waals surface area contributed by atoms with Crippen LogP contribution in [0.5, 0.6) is 0 Å². The first-order valence-electron chi connectivity index (χ1n) is 6.55. The summed E-state index contributed by atoms with van der Waals surface area (Å²) in [5.41, 5.74) is 2.74. The molecular formula is C14H16N2O4S2. The Morgan fingerprint density at radius 2 is 1.95 bits per heavy atom. The SMILES string of the molecule is CC(C)c1ccc(-c2csc(NS(=O)(=O)CC(=O)O)n2)cc1. The molecule has 0 saturated heterocycles. The number of aromatic nitrogens is 1. The fourth-order valence-electron chi connectivity index (χ4n) is 1.82. The second-order valence-electron chi connectivity index (χ2n) is 5.07. The van der Waals surface area contributed by atoms with Crippen LogP contribution in [0.15, 0.2) is 29.6 Å². The lowest BCUT2D eigenvalue weighted by Gasteiger charge is -2.05. The van der Waals surface area contributed by atoms with Gasteiger partial charge >= 0.3 is 5.97 Å². The van der Waals surface area contributed by atoms with Crippen LogP contribution in [-0.2, 0) is 14.8 Å². The van der Waals surface area contributed by atoms with Gasteiger partial charge < -0.3 is 5.11 Å². The van der Waals surface area contributed by atoms with E-state index in [0.29, 0.717) is 11.6 Å². The van der Waals surface area contributed by atoms with Gasteiger partial charge in [0.05, 0.1) is 5.69 Å². The summed E-state index contributed by atoms with van der Waals surface area (Å²) in [6.07, 6.45) is 0. The van der Waals surface area contributed by atoms with E-state index in [2.05, 4.69) is 23.6 Å². The Morgan fingerprint density at radius 1 is 1.32 bits per heavy atom. The van der Waals surface area contributed by atoms with Crippen LogP contribution in [0, 0.1) is 0 Å². The van der Waals surface area contributed by atoms with Crippen molar-refractivity contribution < 1.29 is 18.3 Å². The quantitative estimate of drug-likeness (QED) is 0.843.